The molecule has 5 nitrogen and oxygen atoms in total. The molecule has 0 fully saturated rings. The van der Waals surface area contributed by atoms with E-state index in [9.17, 15) is 9.18 Å². The first kappa shape index (κ1) is 18.4. The molecule has 1 N–H and O–H groups in total. The van der Waals surface area contributed by atoms with Crippen molar-refractivity contribution in [3.63, 3.8) is 0 Å². The van der Waals surface area contributed by atoms with Gasteiger partial charge in [-0.15, -0.1) is 0 Å². The second-order valence-electron chi connectivity index (χ2n) is 5.59. The van der Waals surface area contributed by atoms with Crippen molar-refractivity contribution < 1.29 is 18.7 Å². The fraction of sp³-hybridized carbons (Fsp3) is 0.263. The van der Waals surface area contributed by atoms with Crippen LogP contribution in [-0.4, -0.2) is 24.8 Å². The Morgan fingerprint density at radius 3 is 2.52 bits per heavy atom. The van der Waals surface area contributed by atoms with Crippen LogP contribution in [0, 0.1) is 12.7 Å². The standard InChI is InChI=1S/C19H21FN2O3/c1-12-5-10-18(24-4)17(11-12)13(2)21-22-19(23)14(3)25-16-8-6-15(20)7-9-16/h5-11,14H,1-4H3,(H,22,23)/b21-13-/t14-/m0/s1. The van der Waals surface area contributed by atoms with Gasteiger partial charge in [-0.05, 0) is 57.2 Å². The summed E-state index contributed by atoms with van der Waals surface area (Å²) in [5.74, 6) is 0.314. The zero-order valence-electron chi connectivity index (χ0n) is 14.7. The summed E-state index contributed by atoms with van der Waals surface area (Å²) in [6.07, 6.45) is -0.776. The van der Waals surface area contributed by atoms with Gasteiger partial charge in [-0.25, -0.2) is 9.82 Å². The molecule has 0 spiro atoms. The molecule has 0 aliphatic heterocycles. The lowest BCUT2D eigenvalue weighted by Gasteiger charge is -2.14. The third-order valence-electron chi connectivity index (χ3n) is 3.57. The first-order chi connectivity index (χ1) is 11.9. The van der Waals surface area contributed by atoms with Crippen LogP contribution in [0.3, 0.4) is 0 Å². The summed E-state index contributed by atoms with van der Waals surface area (Å²) in [7, 11) is 1.58. The molecule has 0 aliphatic carbocycles. The van der Waals surface area contributed by atoms with E-state index >= 15 is 0 Å². The highest BCUT2D eigenvalue weighted by atomic mass is 19.1. The highest BCUT2D eigenvalue weighted by Crippen LogP contribution is 2.20. The van der Waals surface area contributed by atoms with Crippen LogP contribution in [0.15, 0.2) is 47.6 Å². The van der Waals surface area contributed by atoms with Crippen LogP contribution in [-0.2, 0) is 4.79 Å². The van der Waals surface area contributed by atoms with E-state index in [1.807, 2.05) is 25.1 Å². The number of hydrogen-bond donors (Lipinski definition) is 1. The average molecular weight is 344 g/mol. The van der Waals surface area contributed by atoms with Crippen molar-refractivity contribution in [2.75, 3.05) is 7.11 Å². The topological polar surface area (TPSA) is 59.9 Å². The van der Waals surface area contributed by atoms with Gasteiger partial charge in [-0.1, -0.05) is 11.6 Å². The quantitative estimate of drug-likeness (QED) is 0.645. The number of benzene rings is 2. The van der Waals surface area contributed by atoms with Crippen molar-refractivity contribution in [2.45, 2.75) is 26.9 Å². The number of aryl methyl sites for hydroxylation is 1. The van der Waals surface area contributed by atoms with Gasteiger partial charge in [-0.3, -0.25) is 4.79 Å². The molecule has 6 heteroatoms. The molecule has 0 saturated carbocycles. The molecule has 0 aliphatic rings. The van der Waals surface area contributed by atoms with Crippen LogP contribution in [0.4, 0.5) is 4.39 Å². The number of carbonyl (C=O) groups is 1. The van der Waals surface area contributed by atoms with Gasteiger partial charge < -0.3 is 9.47 Å². The number of rotatable bonds is 6. The normalized spacial score (nSPS) is 12.4. The summed E-state index contributed by atoms with van der Waals surface area (Å²) in [5, 5.41) is 4.12. The van der Waals surface area contributed by atoms with Crippen molar-refractivity contribution in [1.82, 2.24) is 5.43 Å². The van der Waals surface area contributed by atoms with Crippen LogP contribution in [0.2, 0.25) is 0 Å². The van der Waals surface area contributed by atoms with E-state index in [0.717, 1.165) is 11.1 Å². The number of hydrazone groups is 1. The second kappa shape index (κ2) is 8.28. The van der Waals surface area contributed by atoms with Crippen LogP contribution in [0.1, 0.15) is 25.0 Å². The predicted molar refractivity (Wildman–Crippen MR) is 94.6 cm³/mol. The predicted octanol–water partition coefficient (Wildman–Crippen LogP) is 3.45. The van der Waals surface area contributed by atoms with E-state index in [2.05, 4.69) is 10.5 Å². The number of nitrogens with zero attached hydrogens (tertiary/aromatic N) is 1. The molecule has 0 saturated heterocycles. The molecular formula is C19H21FN2O3. The zero-order valence-corrected chi connectivity index (χ0v) is 14.7. The van der Waals surface area contributed by atoms with Gasteiger partial charge >= 0.3 is 0 Å². The number of hydrogen-bond acceptors (Lipinski definition) is 4. The van der Waals surface area contributed by atoms with Gasteiger partial charge in [0.2, 0.25) is 0 Å². The van der Waals surface area contributed by atoms with Gasteiger partial charge in [0.25, 0.3) is 5.91 Å². The lowest BCUT2D eigenvalue weighted by Crippen LogP contribution is -2.34. The maximum Gasteiger partial charge on any atom is 0.280 e. The Kier molecular flexibility index (Phi) is 6.11. The summed E-state index contributed by atoms with van der Waals surface area (Å²) in [6, 6.07) is 11.2. The molecule has 2 rings (SSSR count). The van der Waals surface area contributed by atoms with Gasteiger partial charge in [0.1, 0.15) is 17.3 Å². The molecule has 132 valence electrons. The Balaban J connectivity index is 2.03. The number of carbonyl (C=O) groups excluding carboxylic acids is 1. The van der Waals surface area contributed by atoms with Crippen molar-refractivity contribution in [2.24, 2.45) is 5.10 Å². The molecule has 25 heavy (non-hydrogen) atoms. The number of methoxy groups -OCH3 is 1. The van der Waals surface area contributed by atoms with Gasteiger partial charge in [0, 0.05) is 5.56 Å². The summed E-state index contributed by atoms with van der Waals surface area (Å²) < 4.78 is 23.7. The van der Waals surface area contributed by atoms with Crippen molar-refractivity contribution in [3.8, 4) is 11.5 Å². The minimum Gasteiger partial charge on any atom is -0.496 e. The molecule has 0 unspecified atom stereocenters. The smallest absolute Gasteiger partial charge is 0.280 e. The molecule has 1 amide bonds. The minimum atomic E-state index is -0.776. The van der Waals surface area contributed by atoms with Crippen molar-refractivity contribution in [3.05, 3.63) is 59.4 Å². The summed E-state index contributed by atoms with van der Waals surface area (Å²) >= 11 is 0. The van der Waals surface area contributed by atoms with Gasteiger partial charge in [0.15, 0.2) is 6.10 Å². The summed E-state index contributed by atoms with van der Waals surface area (Å²) in [6.45, 7) is 5.34. The van der Waals surface area contributed by atoms with Crippen LogP contribution < -0.4 is 14.9 Å². The Bertz CT molecular complexity index is 773. The van der Waals surface area contributed by atoms with Crippen LogP contribution in [0.5, 0.6) is 11.5 Å². The lowest BCUT2D eigenvalue weighted by molar-refractivity contribution is -0.127. The zero-order chi connectivity index (χ0) is 18.4. The highest BCUT2D eigenvalue weighted by Gasteiger charge is 2.15. The Morgan fingerprint density at radius 1 is 1.20 bits per heavy atom. The van der Waals surface area contributed by atoms with Gasteiger partial charge in [0.05, 0.1) is 12.8 Å². The molecule has 0 radical (unpaired) electrons. The molecular weight excluding hydrogens is 323 g/mol. The average Bonchev–Trinajstić information content (AvgIpc) is 2.61. The summed E-state index contributed by atoms with van der Waals surface area (Å²) in [4.78, 5) is 12.1. The SMILES string of the molecule is COc1ccc(C)cc1/C(C)=N\NC(=O)[C@H](C)Oc1ccc(F)cc1. The molecule has 0 aromatic heterocycles. The molecule has 2 aromatic rings. The van der Waals surface area contributed by atoms with E-state index < -0.39 is 12.0 Å². The van der Waals surface area contributed by atoms with E-state index in [-0.39, 0.29) is 5.82 Å². The monoisotopic (exact) mass is 344 g/mol. The fourth-order valence-electron chi connectivity index (χ4n) is 2.17. The van der Waals surface area contributed by atoms with Crippen LogP contribution in [0.25, 0.3) is 0 Å². The maximum atomic E-state index is 12.9. The summed E-state index contributed by atoms with van der Waals surface area (Å²) in [5.41, 5.74) is 4.95. The van der Waals surface area contributed by atoms with E-state index in [4.69, 9.17) is 9.47 Å². The highest BCUT2D eigenvalue weighted by molar-refractivity contribution is 6.01. The number of ether oxygens (including phenoxy) is 2. The second-order valence-corrected chi connectivity index (χ2v) is 5.59. The number of halogens is 1. The first-order valence-corrected chi connectivity index (χ1v) is 7.82. The maximum absolute atomic E-state index is 12.9. The third-order valence-corrected chi connectivity index (χ3v) is 3.57. The van der Waals surface area contributed by atoms with E-state index in [1.165, 1.54) is 24.3 Å². The third kappa shape index (κ3) is 5.04. The van der Waals surface area contributed by atoms with Crippen molar-refractivity contribution >= 4 is 11.6 Å². The number of nitrogens with one attached hydrogen (secondary N) is 1. The van der Waals surface area contributed by atoms with Crippen LogP contribution >= 0.6 is 0 Å². The molecule has 0 bridgehead atoms. The Labute approximate surface area is 146 Å². The Morgan fingerprint density at radius 2 is 1.88 bits per heavy atom. The minimum absolute atomic E-state index is 0.364. The van der Waals surface area contributed by atoms with E-state index in [0.29, 0.717) is 17.2 Å². The van der Waals surface area contributed by atoms with Gasteiger partial charge in [-0.2, -0.15) is 5.10 Å². The number of amides is 1. The van der Waals surface area contributed by atoms with Crippen molar-refractivity contribution in [1.29, 1.82) is 0 Å². The fourth-order valence-corrected chi connectivity index (χ4v) is 2.17. The molecule has 2 aromatic carbocycles. The Hall–Kier alpha value is -2.89. The molecule has 1 atom stereocenters. The largest absolute Gasteiger partial charge is 0.496 e. The van der Waals surface area contributed by atoms with E-state index in [1.54, 1.807) is 21.0 Å². The molecule has 0 heterocycles. The lowest BCUT2D eigenvalue weighted by atomic mass is 10.1. The first-order valence-electron chi connectivity index (χ1n) is 7.82.